The molecule has 2 rings (SSSR count). The van der Waals surface area contributed by atoms with E-state index in [1.807, 2.05) is 0 Å². The highest BCUT2D eigenvalue weighted by molar-refractivity contribution is 5.91. The summed E-state index contributed by atoms with van der Waals surface area (Å²) >= 11 is 0. The van der Waals surface area contributed by atoms with E-state index < -0.39 is 11.8 Å². The number of ether oxygens (including phenoxy) is 1. The topological polar surface area (TPSA) is 59.4 Å². The lowest BCUT2D eigenvalue weighted by Gasteiger charge is -2.09. The van der Waals surface area contributed by atoms with Gasteiger partial charge in [-0.3, -0.25) is 0 Å². The first-order chi connectivity index (χ1) is 8.58. The van der Waals surface area contributed by atoms with Crippen LogP contribution in [-0.2, 0) is 0 Å². The van der Waals surface area contributed by atoms with Crippen LogP contribution in [0.5, 0.6) is 11.6 Å². The molecule has 5 heteroatoms. The molecule has 2 aromatic rings. The van der Waals surface area contributed by atoms with Gasteiger partial charge in [-0.2, -0.15) is 0 Å². The van der Waals surface area contributed by atoms with Crippen LogP contribution in [0.25, 0.3) is 0 Å². The van der Waals surface area contributed by atoms with Crippen molar-refractivity contribution in [3.63, 3.8) is 0 Å². The van der Waals surface area contributed by atoms with Crippen molar-refractivity contribution in [3.05, 3.63) is 53.5 Å². The number of pyridine rings is 1. The van der Waals surface area contributed by atoms with Crippen LogP contribution < -0.4 is 4.74 Å². The van der Waals surface area contributed by atoms with Crippen molar-refractivity contribution in [2.45, 2.75) is 6.92 Å². The van der Waals surface area contributed by atoms with E-state index >= 15 is 0 Å². The van der Waals surface area contributed by atoms with Crippen molar-refractivity contribution >= 4 is 5.97 Å². The molecule has 0 fully saturated rings. The average Bonchev–Trinajstić information content (AvgIpc) is 2.34. The number of hydrogen-bond acceptors (Lipinski definition) is 3. The Morgan fingerprint density at radius 1 is 1.39 bits per heavy atom. The van der Waals surface area contributed by atoms with Gasteiger partial charge in [-0.15, -0.1) is 0 Å². The van der Waals surface area contributed by atoms with E-state index in [9.17, 15) is 9.18 Å². The van der Waals surface area contributed by atoms with Crippen LogP contribution in [0.2, 0.25) is 0 Å². The molecule has 0 aliphatic carbocycles. The number of hydrogen-bond donors (Lipinski definition) is 1. The molecule has 0 aliphatic rings. The Morgan fingerprint density at radius 2 is 2.17 bits per heavy atom. The van der Waals surface area contributed by atoms with Gasteiger partial charge >= 0.3 is 5.97 Å². The number of aryl methyl sites for hydroxylation is 1. The predicted molar refractivity (Wildman–Crippen MR) is 62.4 cm³/mol. The predicted octanol–water partition coefficient (Wildman–Crippen LogP) is 3.02. The van der Waals surface area contributed by atoms with Crippen molar-refractivity contribution in [3.8, 4) is 11.6 Å². The highest BCUT2D eigenvalue weighted by Gasteiger charge is 2.14. The fourth-order valence-corrected chi connectivity index (χ4v) is 1.44. The molecule has 0 radical (unpaired) electrons. The maximum absolute atomic E-state index is 13.0. The van der Waals surface area contributed by atoms with Gasteiger partial charge in [0.25, 0.3) is 0 Å². The second-order valence-electron chi connectivity index (χ2n) is 3.67. The highest BCUT2D eigenvalue weighted by atomic mass is 19.1. The Balaban J connectivity index is 2.41. The molecule has 18 heavy (non-hydrogen) atoms. The number of rotatable bonds is 3. The molecular formula is C13H10FNO3. The molecule has 1 heterocycles. The zero-order valence-electron chi connectivity index (χ0n) is 9.55. The summed E-state index contributed by atoms with van der Waals surface area (Å²) in [5.74, 6) is -1.52. The first-order valence-corrected chi connectivity index (χ1v) is 5.20. The minimum Gasteiger partial charge on any atom is -0.478 e. The molecule has 0 amide bonds. The quantitative estimate of drug-likeness (QED) is 0.905. The Labute approximate surface area is 103 Å². The van der Waals surface area contributed by atoms with Crippen molar-refractivity contribution in [2.24, 2.45) is 0 Å². The molecule has 1 aromatic heterocycles. The van der Waals surface area contributed by atoms with Gasteiger partial charge in [0.15, 0.2) is 0 Å². The van der Waals surface area contributed by atoms with Crippen molar-refractivity contribution in [1.29, 1.82) is 0 Å². The lowest BCUT2D eigenvalue weighted by molar-refractivity contribution is 0.0693. The molecule has 0 saturated heterocycles. The van der Waals surface area contributed by atoms with Gasteiger partial charge < -0.3 is 9.84 Å². The smallest absolute Gasteiger partial charge is 0.339 e. The number of aromatic nitrogens is 1. The molecule has 1 aromatic carbocycles. The normalized spacial score (nSPS) is 10.1. The lowest BCUT2D eigenvalue weighted by atomic mass is 10.2. The number of carboxylic acid groups (broad SMARTS) is 1. The van der Waals surface area contributed by atoms with Crippen LogP contribution >= 0.6 is 0 Å². The minimum atomic E-state index is -1.25. The summed E-state index contributed by atoms with van der Waals surface area (Å²) in [7, 11) is 0. The van der Waals surface area contributed by atoms with Crippen LogP contribution in [0, 0.1) is 12.7 Å². The maximum Gasteiger partial charge on any atom is 0.339 e. The summed E-state index contributed by atoms with van der Waals surface area (Å²) in [5, 5.41) is 8.97. The van der Waals surface area contributed by atoms with Crippen molar-refractivity contribution < 1.29 is 19.0 Å². The molecule has 0 spiro atoms. The van der Waals surface area contributed by atoms with E-state index in [2.05, 4.69) is 4.98 Å². The molecule has 0 unspecified atom stereocenters. The summed E-state index contributed by atoms with van der Waals surface area (Å²) < 4.78 is 18.4. The highest BCUT2D eigenvalue weighted by Crippen LogP contribution is 2.26. The standard InChI is InChI=1S/C13H10FNO3/c1-8-3-2-6-15-12(8)18-11-5-4-9(14)7-10(11)13(16)17/h2-7H,1H3,(H,16,17). The SMILES string of the molecule is Cc1cccnc1Oc1ccc(F)cc1C(=O)O. The van der Waals surface area contributed by atoms with Crippen molar-refractivity contribution in [2.75, 3.05) is 0 Å². The van der Waals surface area contributed by atoms with Crippen LogP contribution in [0.4, 0.5) is 4.39 Å². The molecule has 1 N–H and O–H groups in total. The molecule has 4 nitrogen and oxygen atoms in total. The van der Waals surface area contributed by atoms with Gasteiger partial charge in [-0.1, -0.05) is 6.07 Å². The summed E-state index contributed by atoms with van der Waals surface area (Å²) in [6, 6.07) is 6.85. The van der Waals surface area contributed by atoms with Crippen LogP contribution in [0.3, 0.4) is 0 Å². The van der Waals surface area contributed by atoms with Crippen molar-refractivity contribution in [1.82, 2.24) is 4.98 Å². The molecule has 0 saturated carbocycles. The van der Waals surface area contributed by atoms with Gasteiger partial charge in [0.05, 0.1) is 0 Å². The monoisotopic (exact) mass is 247 g/mol. The van der Waals surface area contributed by atoms with E-state index in [0.717, 1.165) is 17.7 Å². The number of carbonyl (C=O) groups is 1. The van der Waals surface area contributed by atoms with E-state index in [0.29, 0.717) is 5.88 Å². The number of nitrogens with zero attached hydrogens (tertiary/aromatic N) is 1. The van der Waals surface area contributed by atoms with Gasteiger partial charge in [0.2, 0.25) is 5.88 Å². The van der Waals surface area contributed by atoms with Gasteiger partial charge in [-0.25, -0.2) is 14.2 Å². The summed E-state index contributed by atoms with van der Waals surface area (Å²) in [5.41, 5.74) is 0.526. The Bertz CT molecular complexity index is 599. The number of aromatic carboxylic acids is 1. The second-order valence-corrected chi connectivity index (χ2v) is 3.67. The minimum absolute atomic E-state index is 0.0608. The number of carboxylic acids is 1. The molecular weight excluding hydrogens is 237 g/mol. The first-order valence-electron chi connectivity index (χ1n) is 5.20. The van der Waals surface area contributed by atoms with Gasteiger partial charge in [0, 0.05) is 11.8 Å². The second kappa shape index (κ2) is 4.83. The molecule has 0 aliphatic heterocycles. The van der Waals surface area contributed by atoms with E-state index in [-0.39, 0.29) is 11.3 Å². The average molecular weight is 247 g/mol. The largest absolute Gasteiger partial charge is 0.478 e. The fourth-order valence-electron chi connectivity index (χ4n) is 1.44. The Morgan fingerprint density at radius 3 is 2.83 bits per heavy atom. The van der Waals surface area contributed by atoms with Gasteiger partial charge in [0.1, 0.15) is 17.1 Å². The summed E-state index contributed by atoms with van der Waals surface area (Å²) in [6.07, 6.45) is 1.53. The number of benzene rings is 1. The Hall–Kier alpha value is -2.43. The molecule has 0 bridgehead atoms. The zero-order valence-corrected chi connectivity index (χ0v) is 9.55. The molecule has 0 atom stereocenters. The Kier molecular flexibility index (Phi) is 3.23. The van der Waals surface area contributed by atoms with Gasteiger partial charge in [-0.05, 0) is 31.2 Å². The van der Waals surface area contributed by atoms with E-state index in [4.69, 9.17) is 9.84 Å². The fraction of sp³-hybridized carbons (Fsp3) is 0.0769. The van der Waals surface area contributed by atoms with E-state index in [1.54, 1.807) is 19.1 Å². The summed E-state index contributed by atoms with van der Waals surface area (Å²) in [4.78, 5) is 15.0. The third-order valence-corrected chi connectivity index (χ3v) is 2.34. The molecule has 92 valence electrons. The summed E-state index contributed by atoms with van der Waals surface area (Å²) in [6.45, 7) is 1.78. The zero-order chi connectivity index (χ0) is 13.1. The van der Waals surface area contributed by atoms with Crippen LogP contribution in [0.15, 0.2) is 36.5 Å². The number of halogens is 1. The van der Waals surface area contributed by atoms with Crippen LogP contribution in [-0.4, -0.2) is 16.1 Å². The lowest BCUT2D eigenvalue weighted by Crippen LogP contribution is -2.02. The third kappa shape index (κ3) is 2.45. The first kappa shape index (κ1) is 12.0. The third-order valence-electron chi connectivity index (χ3n) is 2.34. The maximum atomic E-state index is 13.0. The van der Waals surface area contributed by atoms with E-state index in [1.165, 1.54) is 12.3 Å². The van der Waals surface area contributed by atoms with Crippen LogP contribution in [0.1, 0.15) is 15.9 Å².